The molecule has 0 saturated carbocycles. The van der Waals surface area contributed by atoms with Crippen molar-refractivity contribution in [1.29, 1.82) is 0 Å². The Labute approximate surface area is 118 Å². The van der Waals surface area contributed by atoms with E-state index >= 15 is 0 Å². The Bertz CT molecular complexity index is 685. The summed E-state index contributed by atoms with van der Waals surface area (Å²) in [4.78, 5) is 14.6. The van der Waals surface area contributed by atoms with Gasteiger partial charge >= 0.3 is 5.97 Å². The quantitative estimate of drug-likeness (QED) is 0.493. The van der Waals surface area contributed by atoms with Gasteiger partial charge in [0.2, 0.25) is 0 Å². The minimum atomic E-state index is -0.278. The number of esters is 1. The summed E-state index contributed by atoms with van der Waals surface area (Å²) >= 11 is 0. The molecule has 3 rings (SSSR count). The number of rotatable bonds is 1. The van der Waals surface area contributed by atoms with Gasteiger partial charge in [0, 0.05) is 24.2 Å². The van der Waals surface area contributed by atoms with Crippen molar-refractivity contribution in [3.05, 3.63) is 29.5 Å². The van der Waals surface area contributed by atoms with E-state index in [1.165, 1.54) is 23.6 Å². The normalized spacial score (nSPS) is 20.7. The molecule has 1 aromatic carbocycles. The maximum absolute atomic E-state index is 11.1. The Morgan fingerprint density at radius 3 is 2.85 bits per heavy atom. The maximum atomic E-state index is 11.1. The second-order valence-corrected chi connectivity index (χ2v) is 6.25. The Kier molecular flexibility index (Phi) is 2.87. The number of quaternary nitrogens is 1. The van der Waals surface area contributed by atoms with Crippen molar-refractivity contribution in [2.75, 3.05) is 20.6 Å². The van der Waals surface area contributed by atoms with Gasteiger partial charge in [0.05, 0.1) is 26.3 Å². The third-order valence-electron chi connectivity index (χ3n) is 4.58. The SMILES string of the molecule is CC(=O)Oc1ccc2[nH]c3c(c2c1)CC[N+](C)(C)C3C. The number of fused-ring (bicyclic) bond motifs is 3. The fourth-order valence-electron chi connectivity index (χ4n) is 3.05. The largest absolute Gasteiger partial charge is 0.427 e. The summed E-state index contributed by atoms with van der Waals surface area (Å²) in [7, 11) is 4.53. The van der Waals surface area contributed by atoms with Crippen LogP contribution in [0.3, 0.4) is 0 Å². The van der Waals surface area contributed by atoms with Gasteiger partial charge in [-0.15, -0.1) is 0 Å². The standard InChI is InChI=1S/C16H21N2O2/c1-10-16-13(7-8-18(10,3)4)14-9-12(20-11(2)19)5-6-15(14)17-16/h5-6,9-10,17H,7-8H2,1-4H3/q+1. The van der Waals surface area contributed by atoms with E-state index in [1.54, 1.807) is 0 Å². The van der Waals surface area contributed by atoms with Gasteiger partial charge < -0.3 is 14.2 Å². The molecular weight excluding hydrogens is 252 g/mol. The van der Waals surface area contributed by atoms with Crippen molar-refractivity contribution in [2.45, 2.75) is 26.3 Å². The molecule has 0 spiro atoms. The Balaban J connectivity index is 2.12. The van der Waals surface area contributed by atoms with E-state index in [2.05, 4.69) is 26.0 Å². The molecule has 4 nitrogen and oxygen atoms in total. The number of benzene rings is 1. The van der Waals surface area contributed by atoms with Crippen LogP contribution in [0.1, 0.15) is 31.1 Å². The van der Waals surface area contributed by atoms with Crippen LogP contribution >= 0.6 is 0 Å². The number of H-pyrrole nitrogens is 1. The Morgan fingerprint density at radius 2 is 2.15 bits per heavy atom. The number of aromatic amines is 1. The first-order valence-corrected chi connectivity index (χ1v) is 7.04. The zero-order valence-electron chi connectivity index (χ0n) is 12.5. The number of nitrogens with zero attached hydrogens (tertiary/aromatic N) is 1. The molecular formula is C16H21N2O2+. The molecule has 4 heteroatoms. The van der Waals surface area contributed by atoms with Crippen molar-refractivity contribution < 1.29 is 14.0 Å². The Hall–Kier alpha value is -1.81. The predicted octanol–water partition coefficient (Wildman–Crippen LogP) is 2.79. The second kappa shape index (κ2) is 4.35. The molecule has 2 heterocycles. The third-order valence-corrected chi connectivity index (χ3v) is 4.58. The fourth-order valence-corrected chi connectivity index (χ4v) is 3.05. The lowest BCUT2D eigenvalue weighted by Crippen LogP contribution is -2.46. The first kappa shape index (κ1) is 13.2. The van der Waals surface area contributed by atoms with Crippen molar-refractivity contribution in [2.24, 2.45) is 0 Å². The molecule has 106 valence electrons. The summed E-state index contributed by atoms with van der Waals surface area (Å²) in [6.07, 6.45) is 1.05. The smallest absolute Gasteiger partial charge is 0.308 e. The van der Waals surface area contributed by atoms with Gasteiger partial charge in [-0.2, -0.15) is 0 Å². The molecule has 0 fully saturated rings. The van der Waals surface area contributed by atoms with Crippen LogP contribution in [0.25, 0.3) is 10.9 Å². The average molecular weight is 273 g/mol. The van der Waals surface area contributed by atoms with E-state index in [9.17, 15) is 4.79 Å². The van der Waals surface area contributed by atoms with E-state index < -0.39 is 0 Å². The van der Waals surface area contributed by atoms with Crippen LogP contribution in [-0.4, -0.2) is 36.1 Å². The molecule has 0 saturated heterocycles. The molecule has 1 unspecified atom stereocenters. The van der Waals surface area contributed by atoms with Gasteiger partial charge in [-0.3, -0.25) is 4.79 Å². The zero-order chi connectivity index (χ0) is 14.5. The lowest BCUT2D eigenvalue weighted by atomic mass is 9.97. The molecule has 1 N–H and O–H groups in total. The van der Waals surface area contributed by atoms with Gasteiger partial charge in [-0.05, 0) is 30.7 Å². The highest BCUT2D eigenvalue weighted by atomic mass is 16.5. The van der Waals surface area contributed by atoms with Crippen LogP contribution in [0.5, 0.6) is 5.75 Å². The number of hydrogen-bond acceptors (Lipinski definition) is 2. The molecule has 0 aliphatic carbocycles. The average Bonchev–Trinajstić information content (AvgIpc) is 2.72. The van der Waals surface area contributed by atoms with Crippen LogP contribution in [0, 0.1) is 0 Å². The highest BCUT2D eigenvalue weighted by Crippen LogP contribution is 2.37. The lowest BCUT2D eigenvalue weighted by Gasteiger charge is -2.39. The van der Waals surface area contributed by atoms with Crippen molar-refractivity contribution in [3.63, 3.8) is 0 Å². The summed E-state index contributed by atoms with van der Waals surface area (Å²) in [5.74, 6) is 0.346. The number of ether oxygens (including phenoxy) is 1. The highest BCUT2D eigenvalue weighted by molar-refractivity contribution is 5.87. The molecule has 0 bridgehead atoms. The monoisotopic (exact) mass is 273 g/mol. The number of likely N-dealkylation sites (N-methyl/N-ethyl adjacent to an activating group) is 1. The van der Waals surface area contributed by atoms with Crippen molar-refractivity contribution >= 4 is 16.9 Å². The van der Waals surface area contributed by atoms with E-state index in [-0.39, 0.29) is 5.97 Å². The maximum Gasteiger partial charge on any atom is 0.308 e. The molecule has 1 aliphatic rings. The minimum Gasteiger partial charge on any atom is -0.427 e. The van der Waals surface area contributed by atoms with E-state index in [0.29, 0.717) is 11.8 Å². The minimum absolute atomic E-state index is 0.278. The zero-order valence-corrected chi connectivity index (χ0v) is 12.5. The number of carbonyl (C=O) groups excluding carboxylic acids is 1. The molecule has 0 radical (unpaired) electrons. The highest BCUT2D eigenvalue weighted by Gasteiger charge is 2.34. The first-order valence-electron chi connectivity index (χ1n) is 7.04. The van der Waals surface area contributed by atoms with Crippen LogP contribution in [0.15, 0.2) is 18.2 Å². The number of hydrogen-bond donors (Lipinski definition) is 1. The van der Waals surface area contributed by atoms with E-state index in [4.69, 9.17) is 4.74 Å². The molecule has 20 heavy (non-hydrogen) atoms. The molecule has 0 amide bonds. The molecule has 1 aromatic heterocycles. The number of nitrogens with one attached hydrogen (secondary N) is 1. The van der Waals surface area contributed by atoms with Crippen molar-refractivity contribution in [3.8, 4) is 5.75 Å². The summed E-state index contributed by atoms with van der Waals surface area (Å²) in [5.41, 5.74) is 3.81. The molecule has 1 aliphatic heterocycles. The first-order chi connectivity index (χ1) is 9.38. The van der Waals surface area contributed by atoms with Crippen LogP contribution in [0.2, 0.25) is 0 Å². The predicted molar refractivity (Wildman–Crippen MR) is 78.7 cm³/mol. The summed E-state index contributed by atoms with van der Waals surface area (Å²) in [6, 6.07) is 6.27. The summed E-state index contributed by atoms with van der Waals surface area (Å²) in [5, 5.41) is 1.19. The number of carbonyl (C=O) groups is 1. The lowest BCUT2D eigenvalue weighted by molar-refractivity contribution is -0.921. The van der Waals surface area contributed by atoms with Crippen LogP contribution in [0.4, 0.5) is 0 Å². The summed E-state index contributed by atoms with van der Waals surface area (Å²) in [6.45, 7) is 4.82. The molecule has 2 aromatic rings. The number of aromatic nitrogens is 1. The van der Waals surface area contributed by atoms with Crippen LogP contribution in [-0.2, 0) is 11.2 Å². The van der Waals surface area contributed by atoms with E-state index in [0.717, 1.165) is 23.0 Å². The van der Waals surface area contributed by atoms with Crippen LogP contribution < -0.4 is 4.74 Å². The topological polar surface area (TPSA) is 42.1 Å². The fraction of sp³-hybridized carbons (Fsp3) is 0.438. The van der Waals surface area contributed by atoms with Crippen molar-refractivity contribution in [1.82, 2.24) is 4.98 Å². The van der Waals surface area contributed by atoms with Gasteiger partial charge in [0.25, 0.3) is 0 Å². The third kappa shape index (κ3) is 2.00. The Morgan fingerprint density at radius 1 is 1.40 bits per heavy atom. The van der Waals surface area contributed by atoms with E-state index in [1.807, 2.05) is 18.2 Å². The van der Waals surface area contributed by atoms with Gasteiger partial charge in [0.1, 0.15) is 11.8 Å². The van der Waals surface area contributed by atoms with Gasteiger partial charge in [-0.1, -0.05) is 0 Å². The summed E-state index contributed by atoms with van der Waals surface area (Å²) < 4.78 is 6.19. The second-order valence-electron chi connectivity index (χ2n) is 6.25. The van der Waals surface area contributed by atoms with Gasteiger partial charge in [-0.25, -0.2) is 0 Å². The van der Waals surface area contributed by atoms with Gasteiger partial charge in [0.15, 0.2) is 0 Å². The molecule has 1 atom stereocenters.